The molecule has 0 saturated heterocycles. The van der Waals surface area contributed by atoms with Crippen LogP contribution in [-0.2, 0) is 10.8 Å². The summed E-state index contributed by atoms with van der Waals surface area (Å²) >= 11 is 0. The van der Waals surface area contributed by atoms with Crippen molar-refractivity contribution in [2.75, 3.05) is 46.1 Å². The Balaban J connectivity index is 1.85. The monoisotopic (exact) mass is 813 g/mol. The van der Waals surface area contributed by atoms with Gasteiger partial charge in [-0.15, -0.1) is 0 Å². The van der Waals surface area contributed by atoms with E-state index in [1.54, 1.807) is 0 Å². The normalized spacial score (nSPS) is 17.6. The van der Waals surface area contributed by atoms with Gasteiger partial charge in [-0.1, -0.05) is 134 Å². The molecule has 2 aromatic rings. The van der Waals surface area contributed by atoms with Crippen molar-refractivity contribution in [3.8, 4) is 11.5 Å². The molecule has 0 amide bonds. The minimum atomic E-state index is -0.138. The van der Waals surface area contributed by atoms with Crippen molar-refractivity contribution in [2.24, 2.45) is 9.98 Å². The third kappa shape index (κ3) is 14.4. The molecule has 1 fully saturated rings. The third-order valence-electron chi connectivity index (χ3n) is 13.4. The van der Waals surface area contributed by atoms with Crippen LogP contribution in [-0.4, -0.2) is 80.4 Å². The zero-order valence-corrected chi connectivity index (χ0v) is 40.2. The molecule has 6 heteroatoms. The van der Waals surface area contributed by atoms with Crippen LogP contribution in [0.15, 0.2) is 34.3 Å². The van der Waals surface area contributed by atoms with Gasteiger partial charge in [-0.05, 0) is 137 Å². The van der Waals surface area contributed by atoms with Gasteiger partial charge in [-0.25, -0.2) is 0 Å². The molecule has 6 nitrogen and oxygen atoms in total. The van der Waals surface area contributed by atoms with Crippen molar-refractivity contribution in [3.63, 3.8) is 0 Å². The molecule has 1 saturated carbocycles. The predicted octanol–water partition coefficient (Wildman–Crippen LogP) is 13.7. The third-order valence-corrected chi connectivity index (χ3v) is 13.4. The van der Waals surface area contributed by atoms with Crippen LogP contribution in [0.5, 0.6) is 11.5 Å². The first-order valence-corrected chi connectivity index (χ1v) is 24.4. The van der Waals surface area contributed by atoms with E-state index in [1.807, 2.05) is 0 Å². The van der Waals surface area contributed by atoms with Crippen LogP contribution in [0.3, 0.4) is 0 Å². The summed E-state index contributed by atoms with van der Waals surface area (Å²) in [7, 11) is 0. The van der Waals surface area contributed by atoms with Crippen LogP contribution in [0.25, 0.3) is 0 Å². The van der Waals surface area contributed by atoms with Gasteiger partial charge in [0.25, 0.3) is 0 Å². The van der Waals surface area contributed by atoms with Gasteiger partial charge in [0.2, 0.25) is 6.79 Å². The van der Waals surface area contributed by atoms with E-state index < -0.39 is 0 Å². The Morgan fingerprint density at radius 2 is 0.932 bits per heavy atom. The van der Waals surface area contributed by atoms with Crippen LogP contribution in [0.4, 0.5) is 0 Å². The summed E-state index contributed by atoms with van der Waals surface area (Å²) in [5.74, 6) is 2.84. The molecule has 2 aliphatic rings. The topological polar surface area (TPSA) is 49.7 Å². The van der Waals surface area contributed by atoms with Crippen LogP contribution in [0, 0.1) is 0 Å². The van der Waals surface area contributed by atoms with E-state index in [2.05, 4.69) is 130 Å². The first kappa shape index (κ1) is 49.0. The predicted molar refractivity (Wildman–Crippen MR) is 256 cm³/mol. The Morgan fingerprint density at radius 3 is 1.27 bits per heavy atom. The Hall–Kier alpha value is -2.70. The highest BCUT2D eigenvalue weighted by Crippen LogP contribution is 2.42. The van der Waals surface area contributed by atoms with Crippen molar-refractivity contribution < 1.29 is 9.47 Å². The summed E-state index contributed by atoms with van der Waals surface area (Å²) in [6.45, 7) is 34.6. The lowest BCUT2D eigenvalue weighted by molar-refractivity contribution is 0.115. The highest BCUT2D eigenvalue weighted by molar-refractivity contribution is 5.86. The fraction of sp³-hybridized carbons (Fsp3) is 0.736. The van der Waals surface area contributed by atoms with E-state index in [4.69, 9.17) is 19.5 Å². The number of aliphatic imine (C=N–C) groups is 2. The van der Waals surface area contributed by atoms with Gasteiger partial charge in [0.15, 0.2) is 0 Å². The number of unbranched alkanes of at least 4 members (excludes halogenated alkanes) is 2. The maximum Gasteiger partial charge on any atom is 0.230 e. The van der Waals surface area contributed by atoms with Gasteiger partial charge in [0.05, 0.1) is 12.1 Å². The van der Waals surface area contributed by atoms with Crippen LogP contribution in [0.2, 0.25) is 0 Å². The van der Waals surface area contributed by atoms with Gasteiger partial charge in [0.1, 0.15) is 11.5 Å². The molecule has 2 atom stereocenters. The summed E-state index contributed by atoms with van der Waals surface area (Å²) in [6.07, 6.45) is 21.0. The summed E-state index contributed by atoms with van der Waals surface area (Å²) in [4.78, 5) is 16.0. The lowest BCUT2D eigenvalue weighted by Crippen LogP contribution is -2.27. The minimum absolute atomic E-state index is 0.118. The SMILES string of the molecule is CCCCC(CCCC)c1cc2c(c(C(C)(C)C)c1)OCOc1c(cc(C(CCCN(CC)CC)CCCN(CC)CC)cc1C(C)(C)C)C=NC1CCCCC1N=C2. The van der Waals surface area contributed by atoms with Crippen LogP contribution < -0.4 is 9.47 Å². The van der Waals surface area contributed by atoms with Crippen molar-refractivity contribution in [3.05, 3.63) is 57.6 Å². The van der Waals surface area contributed by atoms with E-state index in [1.165, 1.54) is 99.3 Å². The summed E-state index contributed by atoms with van der Waals surface area (Å²) in [6, 6.07) is 10.1. The first-order chi connectivity index (χ1) is 28.3. The van der Waals surface area contributed by atoms with E-state index in [9.17, 15) is 0 Å². The molecular formula is C53H88N4O2. The number of ether oxygens (including phenoxy) is 2. The van der Waals surface area contributed by atoms with Gasteiger partial charge >= 0.3 is 0 Å². The molecule has 0 radical (unpaired) electrons. The molecule has 1 heterocycles. The molecule has 2 aromatic carbocycles. The molecule has 59 heavy (non-hydrogen) atoms. The quantitative estimate of drug-likeness (QED) is 0.134. The summed E-state index contributed by atoms with van der Waals surface area (Å²) in [5, 5.41) is 0. The maximum atomic E-state index is 6.95. The second-order valence-electron chi connectivity index (χ2n) is 19.9. The van der Waals surface area contributed by atoms with E-state index in [0.717, 1.165) is 74.7 Å². The Kier molecular flexibility index (Phi) is 20.0. The Morgan fingerprint density at radius 1 is 0.559 bits per heavy atom. The Bertz CT molecular complexity index is 1570. The summed E-state index contributed by atoms with van der Waals surface area (Å²) in [5.41, 5.74) is 7.27. The van der Waals surface area contributed by atoms with E-state index in [0.29, 0.717) is 11.8 Å². The Labute approximate surface area is 363 Å². The number of rotatable bonds is 20. The molecule has 4 rings (SSSR count). The number of nitrogens with zero attached hydrogens (tertiary/aromatic N) is 4. The van der Waals surface area contributed by atoms with Crippen LogP contribution in [0.1, 0.15) is 218 Å². The van der Waals surface area contributed by atoms with E-state index in [-0.39, 0.29) is 29.7 Å². The average Bonchev–Trinajstić information content (AvgIpc) is 3.22. The highest BCUT2D eigenvalue weighted by atomic mass is 16.7. The largest absolute Gasteiger partial charge is 0.456 e. The first-order valence-electron chi connectivity index (χ1n) is 24.4. The number of fused-ring (bicyclic) bond motifs is 3. The van der Waals surface area contributed by atoms with Crippen molar-refractivity contribution in [1.29, 1.82) is 0 Å². The molecule has 0 spiro atoms. The lowest BCUT2D eigenvalue weighted by Gasteiger charge is -2.29. The van der Waals surface area contributed by atoms with Gasteiger partial charge in [-0.3, -0.25) is 9.98 Å². The van der Waals surface area contributed by atoms with Crippen molar-refractivity contribution in [1.82, 2.24) is 9.80 Å². The minimum Gasteiger partial charge on any atom is -0.456 e. The molecule has 1 aliphatic carbocycles. The number of benzene rings is 2. The molecule has 2 unspecified atom stereocenters. The second-order valence-corrected chi connectivity index (χ2v) is 19.9. The number of hydrogen-bond donors (Lipinski definition) is 0. The zero-order chi connectivity index (χ0) is 43.0. The standard InChI is InChI=1S/C53H88N4O2/c1-13-19-25-40(26-20-14-2)42-33-44-37-54-48-29-21-22-30-49(48)55-38-45-34-43(41(27-23-31-56(15-3)16-4)28-24-32-57(17-5)18-6)36-47(53(10,11)12)51(45)59-39-58-50(44)46(35-42)52(7,8)9/h33-38,40-41,48-49H,13-32,39H2,1-12H3. The van der Waals surface area contributed by atoms with E-state index >= 15 is 0 Å². The fourth-order valence-electron chi connectivity index (χ4n) is 9.45. The number of hydrogen-bond acceptors (Lipinski definition) is 6. The molecule has 0 aromatic heterocycles. The molecule has 1 aliphatic heterocycles. The molecule has 0 N–H and O–H groups in total. The average molecular weight is 813 g/mol. The fourth-order valence-corrected chi connectivity index (χ4v) is 9.45. The van der Waals surface area contributed by atoms with Gasteiger partial charge in [0, 0.05) is 34.7 Å². The maximum absolute atomic E-state index is 6.95. The van der Waals surface area contributed by atoms with Crippen molar-refractivity contribution >= 4 is 12.4 Å². The zero-order valence-electron chi connectivity index (χ0n) is 40.2. The van der Waals surface area contributed by atoms with Gasteiger partial charge in [-0.2, -0.15) is 0 Å². The molecule has 0 bridgehead atoms. The summed E-state index contributed by atoms with van der Waals surface area (Å²) < 4.78 is 13.9. The van der Waals surface area contributed by atoms with Crippen molar-refractivity contribution in [2.45, 2.75) is 208 Å². The van der Waals surface area contributed by atoms with Crippen LogP contribution >= 0.6 is 0 Å². The second kappa shape index (κ2) is 24.1. The molecule has 332 valence electrons. The smallest absolute Gasteiger partial charge is 0.230 e. The lowest BCUT2D eigenvalue weighted by atomic mass is 9.80. The molecular weight excluding hydrogens is 725 g/mol. The highest BCUT2D eigenvalue weighted by Gasteiger charge is 2.29. The van der Waals surface area contributed by atoms with Gasteiger partial charge < -0.3 is 19.3 Å².